The Morgan fingerprint density at radius 1 is 1.13 bits per heavy atom. The Morgan fingerprint density at radius 2 is 2.04 bits per heavy atom. The minimum absolute atomic E-state index is 0.206. The van der Waals surface area contributed by atoms with Gasteiger partial charge in [0.15, 0.2) is 0 Å². The number of hydrogen-bond donors (Lipinski definition) is 1. The van der Waals surface area contributed by atoms with Gasteiger partial charge in [0.2, 0.25) is 0 Å². The van der Waals surface area contributed by atoms with Crippen LogP contribution >= 0.6 is 23.1 Å². The van der Waals surface area contributed by atoms with Crippen molar-refractivity contribution in [1.29, 1.82) is 0 Å². The summed E-state index contributed by atoms with van der Waals surface area (Å²) in [7, 11) is 0. The first-order valence-electron chi connectivity index (χ1n) is 7.36. The molecule has 1 N–H and O–H groups in total. The van der Waals surface area contributed by atoms with E-state index in [0.29, 0.717) is 4.91 Å². The molecule has 2 aromatic rings. The molecule has 0 unspecified atom stereocenters. The van der Waals surface area contributed by atoms with Crippen LogP contribution in [0.5, 0.6) is 0 Å². The van der Waals surface area contributed by atoms with E-state index in [-0.39, 0.29) is 11.1 Å². The molecule has 3 nitrogen and oxygen atoms in total. The van der Waals surface area contributed by atoms with Crippen molar-refractivity contribution in [2.75, 3.05) is 0 Å². The van der Waals surface area contributed by atoms with Crippen LogP contribution in [0, 0.1) is 0 Å². The summed E-state index contributed by atoms with van der Waals surface area (Å²) in [5.74, 6) is -0.206. The third-order valence-corrected chi connectivity index (χ3v) is 16.7. The van der Waals surface area contributed by atoms with Gasteiger partial charge >= 0.3 is 150 Å². The van der Waals surface area contributed by atoms with Gasteiger partial charge in [0.1, 0.15) is 0 Å². The number of carbonyl (C=O) groups excluding carboxylic acids is 2. The van der Waals surface area contributed by atoms with Gasteiger partial charge in [-0.25, -0.2) is 0 Å². The molecular weight excluding hydrogens is 429 g/mol. The third-order valence-electron chi connectivity index (χ3n) is 4.55. The Bertz CT molecular complexity index is 944. The standard InChI is InChI=1S/C17H10NO2S2.In/c19-16-15(22-17(20)18-16)11-13-6-2-1-5-12(13)7-3-8-14-9-4-10-21-14;/h1-2,4,6-7,9-10H,8H2,(H,18,19,20);. The van der Waals surface area contributed by atoms with Gasteiger partial charge in [-0.3, -0.25) is 0 Å². The predicted octanol–water partition coefficient (Wildman–Crippen LogP) is 2.88. The molecule has 3 aliphatic heterocycles. The average molecular weight is 439 g/mol. The number of benzene rings is 1. The van der Waals surface area contributed by atoms with Crippen molar-refractivity contribution >= 4 is 68.4 Å². The van der Waals surface area contributed by atoms with Gasteiger partial charge in [0.05, 0.1) is 0 Å². The zero-order valence-corrected chi connectivity index (χ0v) is 16.9. The molecular formula is C17H10InNO2S2. The number of thioether (sulfide) groups is 1. The van der Waals surface area contributed by atoms with Crippen LogP contribution in [0.3, 0.4) is 0 Å². The quantitative estimate of drug-likeness (QED) is 0.733. The molecule has 1 aromatic heterocycles. The second-order valence-corrected chi connectivity index (χ2v) is 15.8. The van der Waals surface area contributed by atoms with Gasteiger partial charge in [-0.1, -0.05) is 0 Å². The predicted molar refractivity (Wildman–Crippen MR) is 95.9 cm³/mol. The van der Waals surface area contributed by atoms with Crippen LogP contribution in [0.25, 0.3) is 9.41 Å². The van der Waals surface area contributed by atoms with E-state index in [1.165, 1.54) is 26.0 Å². The molecule has 0 radical (unpaired) electrons. The minimum atomic E-state index is -2.41. The number of thiophene rings is 1. The van der Waals surface area contributed by atoms with Crippen LogP contribution in [-0.4, -0.2) is 32.6 Å². The Hall–Kier alpha value is -1.24. The third kappa shape index (κ3) is 2.05. The van der Waals surface area contributed by atoms with Crippen molar-refractivity contribution in [1.82, 2.24) is 5.32 Å². The Kier molecular flexibility index (Phi) is 3.15. The molecule has 0 atom stereocenters. The van der Waals surface area contributed by atoms with Crippen LogP contribution in [0.1, 0.15) is 16.0 Å². The molecule has 2 amide bonds. The van der Waals surface area contributed by atoms with Gasteiger partial charge in [-0.05, 0) is 0 Å². The molecule has 0 aliphatic carbocycles. The van der Waals surface area contributed by atoms with Gasteiger partial charge in [0, 0.05) is 0 Å². The molecule has 1 saturated heterocycles. The monoisotopic (exact) mass is 439 g/mol. The maximum atomic E-state index is 12.2. The van der Waals surface area contributed by atoms with E-state index < -0.39 is 21.4 Å². The molecule has 1 fully saturated rings. The molecule has 4 bridgehead atoms. The first-order valence-corrected chi connectivity index (χ1v) is 14.0. The van der Waals surface area contributed by atoms with E-state index in [4.69, 9.17) is 0 Å². The fourth-order valence-corrected chi connectivity index (χ4v) is 17.3. The van der Waals surface area contributed by atoms with E-state index in [9.17, 15) is 9.59 Å². The normalized spacial score (nSPS) is 21.2. The van der Waals surface area contributed by atoms with Gasteiger partial charge in [-0.2, -0.15) is 0 Å². The van der Waals surface area contributed by atoms with E-state index >= 15 is 0 Å². The summed E-state index contributed by atoms with van der Waals surface area (Å²) in [4.78, 5) is 25.9. The van der Waals surface area contributed by atoms with Gasteiger partial charge < -0.3 is 0 Å². The summed E-state index contributed by atoms with van der Waals surface area (Å²) in [5, 5.41) is 4.29. The SMILES string of the molecule is O=C1NC(=O)/C(=[C]2\c3ccc[c]4c3C=[C](Cc3cccs3)[In]24)S1. The Balaban J connectivity index is 1.65. The number of allylic oxidation sites excluding steroid dienone is 1. The molecule has 4 heterocycles. The Morgan fingerprint density at radius 3 is 2.74 bits per heavy atom. The van der Waals surface area contributed by atoms with Crippen LogP contribution in [0.2, 0.25) is 0 Å². The second kappa shape index (κ2) is 5.13. The second-order valence-electron chi connectivity index (χ2n) is 5.80. The van der Waals surface area contributed by atoms with E-state index in [1.54, 1.807) is 11.3 Å². The molecule has 3 aliphatic rings. The zero-order valence-electron chi connectivity index (χ0n) is 12.0. The van der Waals surface area contributed by atoms with Crippen molar-refractivity contribution in [3.63, 3.8) is 0 Å². The molecule has 0 saturated carbocycles. The zero-order chi connectivity index (χ0) is 15.6. The van der Waals surface area contributed by atoms with E-state index in [0.717, 1.165) is 18.2 Å². The summed E-state index contributed by atoms with van der Waals surface area (Å²) in [5.41, 5.74) is 2.51. The molecule has 110 valence electrons. The van der Waals surface area contributed by atoms with E-state index in [1.807, 2.05) is 0 Å². The van der Waals surface area contributed by atoms with Crippen molar-refractivity contribution in [3.05, 3.63) is 60.0 Å². The maximum absolute atomic E-state index is 12.2. The number of rotatable bonds is 2. The van der Waals surface area contributed by atoms with Crippen molar-refractivity contribution in [3.8, 4) is 0 Å². The average Bonchev–Trinajstić information content (AvgIpc) is 3.25. The number of imide groups is 1. The van der Waals surface area contributed by atoms with Crippen LogP contribution < -0.4 is 8.64 Å². The molecule has 6 heteroatoms. The number of amides is 2. The molecule has 5 rings (SSSR count). The number of nitrogens with one attached hydrogen (secondary N) is 1. The summed E-state index contributed by atoms with van der Waals surface area (Å²) in [6.45, 7) is 0. The number of hydrogen-bond acceptors (Lipinski definition) is 4. The summed E-state index contributed by atoms with van der Waals surface area (Å²) < 4.78 is 4.23. The first-order chi connectivity index (χ1) is 11.2. The summed E-state index contributed by atoms with van der Waals surface area (Å²) in [6, 6.07) is 10.7. The van der Waals surface area contributed by atoms with Crippen LogP contribution in [0.15, 0.2) is 43.9 Å². The first kappa shape index (κ1) is 14.1. The van der Waals surface area contributed by atoms with Crippen molar-refractivity contribution in [2.24, 2.45) is 0 Å². The Labute approximate surface area is 149 Å². The summed E-state index contributed by atoms with van der Waals surface area (Å²) in [6.07, 6.45) is 3.35. The molecule has 0 spiro atoms. The topological polar surface area (TPSA) is 46.2 Å². The fourth-order valence-electron chi connectivity index (χ4n) is 3.71. The van der Waals surface area contributed by atoms with Gasteiger partial charge in [0.25, 0.3) is 0 Å². The van der Waals surface area contributed by atoms with E-state index in [2.05, 4.69) is 47.1 Å². The fraction of sp³-hybridized carbons (Fsp3) is 0.0588. The number of carbonyl (C=O) groups is 2. The summed E-state index contributed by atoms with van der Waals surface area (Å²) >= 11 is 0.457. The van der Waals surface area contributed by atoms with Crippen LogP contribution in [-0.2, 0) is 11.2 Å². The molecule has 1 aromatic carbocycles. The van der Waals surface area contributed by atoms with Gasteiger partial charge in [-0.15, -0.1) is 0 Å². The van der Waals surface area contributed by atoms with Crippen LogP contribution in [0.4, 0.5) is 4.79 Å². The van der Waals surface area contributed by atoms with Crippen molar-refractivity contribution in [2.45, 2.75) is 6.42 Å². The van der Waals surface area contributed by atoms with Crippen molar-refractivity contribution < 1.29 is 9.59 Å². The molecule has 23 heavy (non-hydrogen) atoms.